The summed E-state index contributed by atoms with van der Waals surface area (Å²) in [4.78, 5) is 33.7. The van der Waals surface area contributed by atoms with Gasteiger partial charge < -0.3 is 0 Å². The van der Waals surface area contributed by atoms with Crippen molar-refractivity contribution in [3.8, 4) is 0 Å². The van der Waals surface area contributed by atoms with E-state index < -0.39 is 20.8 Å². The zero-order valence-corrected chi connectivity index (χ0v) is 15.0. The predicted octanol–water partition coefficient (Wildman–Crippen LogP) is 1.67. The number of rotatable bonds is 3. The number of hydrogen-bond acceptors (Lipinski definition) is 7. The fraction of sp³-hybridized carbons (Fsp3) is 0.267. The maximum absolute atomic E-state index is 12.8. The van der Waals surface area contributed by atoms with Gasteiger partial charge in [-0.05, 0) is 12.5 Å². The van der Waals surface area contributed by atoms with Crippen LogP contribution in [0.4, 0.5) is 22.0 Å². The van der Waals surface area contributed by atoms with Crippen molar-refractivity contribution in [2.24, 2.45) is 0 Å². The Labute approximate surface area is 149 Å². The summed E-state index contributed by atoms with van der Waals surface area (Å²) >= 11 is 0. The summed E-state index contributed by atoms with van der Waals surface area (Å²) in [5, 5.41) is 10.7. The molecule has 0 atom stereocenters. The number of nitro groups is 1. The Morgan fingerprint density at radius 3 is 2.62 bits per heavy atom. The summed E-state index contributed by atoms with van der Waals surface area (Å²) in [5.74, 6) is 0.199. The smallest absolute Gasteiger partial charge is 0.289 e. The molecule has 2 aromatic rings. The Kier molecular flexibility index (Phi) is 4.11. The van der Waals surface area contributed by atoms with Gasteiger partial charge in [0.05, 0.1) is 17.2 Å². The summed E-state index contributed by atoms with van der Waals surface area (Å²) in [5.41, 5.74) is 1.49. The Balaban J connectivity index is 2.08. The van der Waals surface area contributed by atoms with Crippen LogP contribution in [-0.4, -0.2) is 42.6 Å². The number of anilines is 2. The number of non-ortho nitro benzene ring substituents is 1. The number of benzene rings is 1. The molecule has 2 amide bonds. The first-order chi connectivity index (χ1) is 12.1. The van der Waals surface area contributed by atoms with Gasteiger partial charge in [0.15, 0.2) is 0 Å². The van der Waals surface area contributed by atoms with Crippen molar-refractivity contribution in [1.82, 2.24) is 9.97 Å². The van der Waals surface area contributed by atoms with Crippen molar-refractivity contribution in [2.45, 2.75) is 18.6 Å². The van der Waals surface area contributed by atoms with Crippen molar-refractivity contribution in [2.75, 3.05) is 23.1 Å². The van der Waals surface area contributed by atoms with Gasteiger partial charge in [-0.15, -0.1) is 0 Å². The molecule has 1 aliphatic heterocycles. The van der Waals surface area contributed by atoms with Gasteiger partial charge >= 0.3 is 6.03 Å². The van der Waals surface area contributed by atoms with Gasteiger partial charge in [-0.3, -0.25) is 19.9 Å². The van der Waals surface area contributed by atoms with Crippen LogP contribution in [0.3, 0.4) is 0 Å². The van der Waals surface area contributed by atoms with Crippen LogP contribution in [0.15, 0.2) is 29.6 Å². The zero-order valence-electron chi connectivity index (χ0n) is 14.2. The van der Waals surface area contributed by atoms with Crippen LogP contribution in [0.25, 0.3) is 0 Å². The highest BCUT2D eigenvalue weighted by Gasteiger charge is 2.32. The second kappa shape index (κ2) is 6.02. The Morgan fingerprint density at radius 1 is 1.31 bits per heavy atom. The number of nitro benzene ring substituents is 1. The van der Waals surface area contributed by atoms with Gasteiger partial charge in [-0.25, -0.2) is 23.2 Å². The first-order valence-corrected chi connectivity index (χ1v) is 9.35. The third-order valence-corrected chi connectivity index (χ3v) is 4.87. The minimum atomic E-state index is -3.61. The number of carbonyl (C=O) groups is 1. The fourth-order valence-corrected chi connectivity index (χ4v) is 3.16. The molecule has 1 aliphatic rings. The highest BCUT2D eigenvalue weighted by atomic mass is 32.2. The van der Waals surface area contributed by atoms with Crippen LogP contribution in [-0.2, 0) is 16.4 Å². The average molecular weight is 377 g/mol. The number of aryl methyl sites for hydroxylation is 1. The molecule has 0 spiro atoms. The quantitative estimate of drug-likeness (QED) is 0.452. The van der Waals surface area contributed by atoms with Gasteiger partial charge in [-0.1, -0.05) is 6.07 Å². The van der Waals surface area contributed by atoms with Crippen molar-refractivity contribution >= 4 is 33.1 Å². The van der Waals surface area contributed by atoms with Crippen LogP contribution in [0, 0.1) is 17.0 Å². The van der Waals surface area contributed by atoms with Gasteiger partial charge in [-0.2, -0.15) is 0 Å². The fourth-order valence-electron chi connectivity index (χ4n) is 2.66. The topological polar surface area (TPSA) is 127 Å². The lowest BCUT2D eigenvalue weighted by molar-refractivity contribution is -0.384. The summed E-state index contributed by atoms with van der Waals surface area (Å²) in [6.45, 7) is 1.82. The molecule has 2 heterocycles. The van der Waals surface area contributed by atoms with E-state index >= 15 is 0 Å². The van der Waals surface area contributed by atoms with Crippen molar-refractivity contribution in [1.29, 1.82) is 0 Å². The molecule has 0 unspecified atom stereocenters. The van der Waals surface area contributed by atoms with Crippen LogP contribution in [0.2, 0.25) is 0 Å². The molecule has 0 radical (unpaired) electrons. The van der Waals surface area contributed by atoms with E-state index in [-0.39, 0.29) is 23.2 Å². The van der Waals surface area contributed by atoms with Crippen LogP contribution in [0.5, 0.6) is 0 Å². The molecule has 26 heavy (non-hydrogen) atoms. The number of sulfone groups is 1. The second-order valence-corrected chi connectivity index (χ2v) is 7.84. The van der Waals surface area contributed by atoms with Crippen molar-refractivity contribution in [3.05, 3.63) is 45.6 Å². The summed E-state index contributed by atoms with van der Waals surface area (Å²) in [6.07, 6.45) is 2.33. The molecule has 1 aromatic carbocycles. The highest BCUT2D eigenvalue weighted by molar-refractivity contribution is 7.90. The second-order valence-electron chi connectivity index (χ2n) is 5.93. The Morgan fingerprint density at radius 2 is 2.00 bits per heavy atom. The molecule has 0 bridgehead atoms. The van der Waals surface area contributed by atoms with E-state index in [1.54, 1.807) is 13.0 Å². The lowest BCUT2D eigenvalue weighted by Crippen LogP contribution is -2.46. The van der Waals surface area contributed by atoms with Gasteiger partial charge in [0.2, 0.25) is 15.0 Å². The minimum absolute atomic E-state index is 0.0740. The largest absolute Gasteiger partial charge is 0.330 e. The number of fused-ring (bicyclic) bond motifs is 1. The number of hydrogen-bond donors (Lipinski definition) is 0. The normalized spacial score (nSPS) is 14.3. The number of urea groups is 1. The molecular formula is C15H15N5O5S. The molecule has 136 valence electrons. The molecule has 0 saturated carbocycles. The summed E-state index contributed by atoms with van der Waals surface area (Å²) in [7, 11) is -2.16. The predicted molar refractivity (Wildman–Crippen MR) is 93.0 cm³/mol. The van der Waals surface area contributed by atoms with Gasteiger partial charge in [0.1, 0.15) is 5.82 Å². The molecule has 0 saturated heterocycles. The number of carbonyl (C=O) groups excluding carboxylic acids is 1. The van der Waals surface area contributed by atoms with Crippen molar-refractivity contribution in [3.63, 3.8) is 0 Å². The zero-order chi connectivity index (χ0) is 19.2. The van der Waals surface area contributed by atoms with E-state index in [1.807, 2.05) is 0 Å². The number of nitrogens with zero attached hydrogens (tertiary/aromatic N) is 5. The van der Waals surface area contributed by atoms with Crippen molar-refractivity contribution < 1.29 is 18.1 Å². The molecule has 11 heteroatoms. The first kappa shape index (κ1) is 17.7. The van der Waals surface area contributed by atoms with E-state index in [2.05, 4.69) is 9.97 Å². The maximum atomic E-state index is 12.8. The Bertz CT molecular complexity index is 1040. The van der Waals surface area contributed by atoms with Gasteiger partial charge in [0.25, 0.3) is 5.69 Å². The molecule has 0 aliphatic carbocycles. The van der Waals surface area contributed by atoms with E-state index in [0.29, 0.717) is 16.8 Å². The van der Waals surface area contributed by atoms with Crippen LogP contribution < -0.4 is 9.80 Å². The summed E-state index contributed by atoms with van der Waals surface area (Å²) < 4.78 is 23.3. The highest BCUT2D eigenvalue weighted by Crippen LogP contribution is 2.33. The number of amides is 2. The monoisotopic (exact) mass is 377 g/mol. The third kappa shape index (κ3) is 2.96. The lowest BCUT2D eigenvalue weighted by atomic mass is 10.1. The lowest BCUT2D eigenvalue weighted by Gasteiger charge is -2.34. The third-order valence-electron chi connectivity index (χ3n) is 4.01. The van der Waals surface area contributed by atoms with Gasteiger partial charge in [0, 0.05) is 37.2 Å². The average Bonchev–Trinajstić information content (AvgIpc) is 2.57. The SMILES string of the molecule is Cc1ccc([N+](=O)[O-])cc1N1Cc2cnc(S(C)(=O)=O)nc2N(C)C1=O. The minimum Gasteiger partial charge on any atom is -0.289 e. The summed E-state index contributed by atoms with van der Waals surface area (Å²) in [6, 6.07) is 3.79. The molecule has 1 aromatic heterocycles. The van der Waals surface area contributed by atoms with Crippen LogP contribution >= 0.6 is 0 Å². The Hall–Kier alpha value is -3.08. The molecular weight excluding hydrogens is 362 g/mol. The standard InChI is InChI=1S/C15H15N5O5S/c1-9-4-5-11(20(22)23)6-12(9)19-8-10-7-16-14(26(3,24)25)17-13(10)18(2)15(19)21/h4-7H,8H2,1-3H3. The number of aromatic nitrogens is 2. The molecule has 3 rings (SSSR count). The van der Waals surface area contributed by atoms with E-state index in [4.69, 9.17) is 0 Å². The molecule has 0 N–H and O–H groups in total. The molecule has 0 fully saturated rings. The maximum Gasteiger partial charge on any atom is 0.330 e. The van der Waals surface area contributed by atoms with E-state index in [0.717, 1.165) is 6.26 Å². The molecule has 10 nitrogen and oxygen atoms in total. The first-order valence-electron chi connectivity index (χ1n) is 7.46. The van der Waals surface area contributed by atoms with E-state index in [1.165, 1.54) is 35.2 Å². The van der Waals surface area contributed by atoms with Crippen LogP contribution in [0.1, 0.15) is 11.1 Å². The van der Waals surface area contributed by atoms with E-state index in [9.17, 15) is 23.3 Å².